The summed E-state index contributed by atoms with van der Waals surface area (Å²) in [7, 11) is 0. The van der Waals surface area contributed by atoms with Crippen LogP contribution in [-0.2, 0) is 6.54 Å². The van der Waals surface area contributed by atoms with E-state index in [0.717, 1.165) is 4.68 Å². The number of halogens is 3. The zero-order valence-electron chi connectivity index (χ0n) is 4.89. The molecular formula is C5H4ClF2N2. The Hall–Kier alpha value is -0.640. The summed E-state index contributed by atoms with van der Waals surface area (Å²) in [6.07, 6.45) is 1.22. The average molecular weight is 166 g/mol. The fourth-order valence-electron chi connectivity index (χ4n) is 0.535. The van der Waals surface area contributed by atoms with E-state index >= 15 is 0 Å². The Morgan fingerprint density at radius 1 is 1.80 bits per heavy atom. The smallest absolute Gasteiger partial charge is 0.257 e. The van der Waals surface area contributed by atoms with E-state index in [-0.39, 0.29) is 5.02 Å². The summed E-state index contributed by atoms with van der Waals surface area (Å²) in [4.78, 5) is 0. The molecule has 5 heteroatoms. The molecule has 0 spiro atoms. The summed E-state index contributed by atoms with van der Waals surface area (Å²) in [5.74, 6) is 0. The van der Waals surface area contributed by atoms with Gasteiger partial charge < -0.3 is 0 Å². The Kier molecular flexibility index (Phi) is 2.21. The SMILES string of the molecule is FC(F)Cn1cc(Cl)[c]n1. The van der Waals surface area contributed by atoms with E-state index in [2.05, 4.69) is 11.3 Å². The van der Waals surface area contributed by atoms with Gasteiger partial charge in [-0.15, -0.1) is 0 Å². The normalized spacial score (nSPS) is 10.8. The summed E-state index contributed by atoms with van der Waals surface area (Å²) < 4.78 is 24.3. The van der Waals surface area contributed by atoms with Gasteiger partial charge in [-0.05, 0) is 0 Å². The third-order valence-electron chi connectivity index (χ3n) is 0.873. The Bertz CT molecular complexity index is 211. The Morgan fingerprint density at radius 2 is 2.50 bits per heavy atom. The van der Waals surface area contributed by atoms with Crippen molar-refractivity contribution in [1.29, 1.82) is 0 Å². The van der Waals surface area contributed by atoms with E-state index in [0.29, 0.717) is 0 Å². The third-order valence-corrected chi connectivity index (χ3v) is 1.05. The maximum atomic E-state index is 11.6. The van der Waals surface area contributed by atoms with Crippen LogP contribution in [0.1, 0.15) is 0 Å². The monoisotopic (exact) mass is 165 g/mol. The zero-order valence-corrected chi connectivity index (χ0v) is 5.65. The van der Waals surface area contributed by atoms with Gasteiger partial charge in [-0.2, -0.15) is 5.10 Å². The lowest BCUT2D eigenvalue weighted by molar-refractivity contribution is 0.122. The number of nitrogens with zero attached hydrogens (tertiary/aromatic N) is 2. The molecule has 0 saturated carbocycles. The first-order valence-corrected chi connectivity index (χ1v) is 2.95. The molecule has 55 valence electrons. The first-order chi connectivity index (χ1) is 4.68. The van der Waals surface area contributed by atoms with Gasteiger partial charge in [0.1, 0.15) is 12.7 Å². The van der Waals surface area contributed by atoms with Gasteiger partial charge in [0.05, 0.1) is 5.02 Å². The lowest BCUT2D eigenvalue weighted by Crippen LogP contribution is -2.06. The molecule has 0 amide bonds. The van der Waals surface area contributed by atoms with Crippen LogP contribution in [0.25, 0.3) is 0 Å². The van der Waals surface area contributed by atoms with Crippen LogP contribution >= 0.6 is 11.6 Å². The molecule has 1 rings (SSSR count). The van der Waals surface area contributed by atoms with Gasteiger partial charge in [0.15, 0.2) is 0 Å². The first-order valence-electron chi connectivity index (χ1n) is 2.57. The second-order valence-corrected chi connectivity index (χ2v) is 2.11. The topological polar surface area (TPSA) is 17.8 Å². The molecule has 1 radical (unpaired) electrons. The highest BCUT2D eigenvalue weighted by Gasteiger charge is 2.04. The molecule has 0 aliphatic carbocycles. The number of rotatable bonds is 2. The Labute approximate surface area is 61.4 Å². The van der Waals surface area contributed by atoms with Gasteiger partial charge in [0.25, 0.3) is 6.43 Å². The highest BCUT2D eigenvalue weighted by molar-refractivity contribution is 6.30. The van der Waals surface area contributed by atoms with Gasteiger partial charge in [-0.25, -0.2) is 8.78 Å². The fraction of sp³-hybridized carbons (Fsp3) is 0.400. The van der Waals surface area contributed by atoms with Crippen LogP contribution in [0.3, 0.4) is 0 Å². The van der Waals surface area contributed by atoms with E-state index in [1.807, 2.05) is 0 Å². The van der Waals surface area contributed by atoms with Crippen molar-refractivity contribution in [2.75, 3.05) is 0 Å². The molecular weight excluding hydrogens is 162 g/mol. The van der Waals surface area contributed by atoms with Gasteiger partial charge in [0, 0.05) is 6.20 Å². The molecule has 0 aliphatic rings. The van der Waals surface area contributed by atoms with E-state index in [1.54, 1.807) is 0 Å². The van der Waals surface area contributed by atoms with Crippen molar-refractivity contribution in [2.24, 2.45) is 0 Å². The van der Waals surface area contributed by atoms with E-state index in [1.165, 1.54) is 6.20 Å². The zero-order chi connectivity index (χ0) is 7.56. The van der Waals surface area contributed by atoms with Crippen LogP contribution in [0.15, 0.2) is 6.20 Å². The largest absolute Gasteiger partial charge is 0.265 e. The minimum Gasteiger partial charge on any atom is -0.265 e. The van der Waals surface area contributed by atoms with E-state index in [4.69, 9.17) is 11.6 Å². The molecule has 0 N–H and O–H groups in total. The Morgan fingerprint density at radius 3 is 2.90 bits per heavy atom. The van der Waals surface area contributed by atoms with E-state index in [9.17, 15) is 8.78 Å². The Balaban J connectivity index is 2.58. The quantitative estimate of drug-likeness (QED) is 0.651. The van der Waals surface area contributed by atoms with Gasteiger partial charge in [-0.1, -0.05) is 11.6 Å². The molecule has 1 aromatic rings. The average Bonchev–Trinajstić information content (AvgIpc) is 2.13. The van der Waals surface area contributed by atoms with Crippen molar-refractivity contribution in [3.8, 4) is 0 Å². The molecule has 2 nitrogen and oxygen atoms in total. The van der Waals surface area contributed by atoms with Crippen LogP contribution in [0.5, 0.6) is 0 Å². The molecule has 0 aliphatic heterocycles. The van der Waals surface area contributed by atoms with Crippen molar-refractivity contribution in [2.45, 2.75) is 13.0 Å². The molecule has 0 atom stereocenters. The molecule has 0 bridgehead atoms. The number of aromatic nitrogens is 2. The second-order valence-electron chi connectivity index (χ2n) is 1.70. The lowest BCUT2D eigenvalue weighted by Gasteiger charge is -1.96. The standard InChI is InChI=1S/C5H4ClF2N2/c6-4-1-9-10(2-4)3-5(7)8/h2,5H,3H2. The molecule has 1 aromatic heterocycles. The highest BCUT2D eigenvalue weighted by atomic mass is 35.5. The van der Waals surface area contributed by atoms with Crippen molar-refractivity contribution in [3.63, 3.8) is 0 Å². The minimum atomic E-state index is -2.40. The van der Waals surface area contributed by atoms with Crippen molar-refractivity contribution < 1.29 is 8.78 Å². The second kappa shape index (κ2) is 2.96. The number of hydrogen-bond acceptors (Lipinski definition) is 1. The number of alkyl halides is 2. The van der Waals surface area contributed by atoms with Crippen molar-refractivity contribution in [3.05, 3.63) is 17.4 Å². The van der Waals surface area contributed by atoms with Crippen LogP contribution in [0, 0.1) is 6.20 Å². The summed E-state index contributed by atoms with van der Waals surface area (Å²) in [5, 5.41) is 3.69. The fourth-order valence-corrected chi connectivity index (χ4v) is 0.686. The molecule has 0 unspecified atom stereocenters. The number of hydrogen-bond donors (Lipinski definition) is 0. The molecule has 0 saturated heterocycles. The predicted molar refractivity (Wildman–Crippen MR) is 32.1 cm³/mol. The summed E-state index contributed by atoms with van der Waals surface area (Å²) in [6, 6.07) is 0. The van der Waals surface area contributed by atoms with Gasteiger partial charge in [-0.3, -0.25) is 4.68 Å². The van der Waals surface area contributed by atoms with Gasteiger partial charge in [0.2, 0.25) is 0 Å². The van der Waals surface area contributed by atoms with Crippen molar-refractivity contribution >= 4 is 11.6 Å². The molecule has 1 heterocycles. The summed E-state index contributed by atoms with van der Waals surface area (Å²) in [6.45, 7) is -0.427. The summed E-state index contributed by atoms with van der Waals surface area (Å²) in [5.41, 5.74) is 0. The molecule has 10 heavy (non-hydrogen) atoms. The lowest BCUT2D eigenvalue weighted by atomic mass is 10.7. The van der Waals surface area contributed by atoms with Crippen LogP contribution in [0.4, 0.5) is 8.78 Å². The maximum absolute atomic E-state index is 11.6. The third kappa shape index (κ3) is 1.95. The molecule has 0 fully saturated rings. The summed E-state index contributed by atoms with van der Waals surface area (Å²) >= 11 is 5.36. The van der Waals surface area contributed by atoms with Crippen LogP contribution in [0.2, 0.25) is 5.02 Å². The molecule has 0 aromatic carbocycles. The minimum absolute atomic E-state index is 0.251. The van der Waals surface area contributed by atoms with Crippen LogP contribution in [-0.4, -0.2) is 16.2 Å². The first kappa shape index (κ1) is 7.47. The van der Waals surface area contributed by atoms with Crippen molar-refractivity contribution in [1.82, 2.24) is 9.78 Å². The highest BCUT2D eigenvalue weighted by Crippen LogP contribution is 2.05. The predicted octanol–water partition coefficient (Wildman–Crippen LogP) is 1.60. The van der Waals surface area contributed by atoms with Gasteiger partial charge >= 0.3 is 0 Å². The maximum Gasteiger partial charge on any atom is 0.257 e. The van der Waals surface area contributed by atoms with E-state index < -0.39 is 13.0 Å². The van der Waals surface area contributed by atoms with Crippen LogP contribution < -0.4 is 0 Å².